The van der Waals surface area contributed by atoms with Crippen molar-refractivity contribution in [3.05, 3.63) is 71.0 Å². The lowest BCUT2D eigenvalue weighted by atomic mass is 10.1. The molecule has 0 saturated carbocycles. The van der Waals surface area contributed by atoms with Crippen molar-refractivity contribution in [1.82, 2.24) is 9.97 Å². The van der Waals surface area contributed by atoms with Gasteiger partial charge in [-0.3, -0.25) is 0 Å². The maximum Gasteiger partial charge on any atom is 0.159 e. The topological polar surface area (TPSA) is 75.9 Å². The largest absolute Gasteiger partial charge is 0.393 e. The lowest BCUT2D eigenvalue weighted by Gasteiger charge is -2.13. The normalized spacial score (nSPS) is 10.5. The van der Waals surface area contributed by atoms with Gasteiger partial charge in [-0.05, 0) is 41.8 Å². The lowest BCUT2D eigenvalue weighted by Crippen LogP contribution is -2.08. The summed E-state index contributed by atoms with van der Waals surface area (Å²) in [4.78, 5) is 8.47. The van der Waals surface area contributed by atoms with Gasteiger partial charge in [0.05, 0.1) is 0 Å². The number of anilines is 4. The Morgan fingerprint density at radius 2 is 1.56 bits per heavy atom. The quantitative estimate of drug-likeness (QED) is 0.602. The fourth-order valence-corrected chi connectivity index (χ4v) is 2.51. The fourth-order valence-electron chi connectivity index (χ4n) is 2.38. The van der Waals surface area contributed by atoms with Gasteiger partial charge in [0.1, 0.15) is 12.0 Å². The van der Waals surface area contributed by atoms with Crippen molar-refractivity contribution in [1.29, 1.82) is 0 Å². The molecule has 0 fully saturated rings. The second-order valence-corrected chi connectivity index (χ2v) is 6.08. The van der Waals surface area contributed by atoms with Crippen molar-refractivity contribution in [3.63, 3.8) is 0 Å². The molecule has 0 bridgehead atoms. The van der Waals surface area contributed by atoms with Gasteiger partial charge in [-0.25, -0.2) is 9.97 Å². The highest BCUT2D eigenvalue weighted by Crippen LogP contribution is 2.26. The summed E-state index contributed by atoms with van der Waals surface area (Å²) in [6, 6.07) is 15.8. The molecule has 0 unspecified atom stereocenters. The van der Waals surface area contributed by atoms with E-state index in [9.17, 15) is 0 Å². The highest BCUT2D eigenvalue weighted by Gasteiger charge is 2.08. The maximum atomic E-state index is 6.20. The molecule has 0 radical (unpaired) electrons. The van der Waals surface area contributed by atoms with E-state index in [1.54, 1.807) is 0 Å². The number of hydrogen-bond acceptors (Lipinski definition) is 5. The summed E-state index contributed by atoms with van der Waals surface area (Å²) in [5.41, 5.74) is 10.00. The van der Waals surface area contributed by atoms with Crippen LogP contribution in [0.4, 0.5) is 23.0 Å². The smallest absolute Gasteiger partial charge is 0.159 e. The van der Waals surface area contributed by atoms with Crippen LogP contribution < -0.4 is 16.4 Å². The van der Waals surface area contributed by atoms with E-state index in [0.29, 0.717) is 28.9 Å². The Kier molecular flexibility index (Phi) is 5.36. The van der Waals surface area contributed by atoms with Gasteiger partial charge < -0.3 is 16.4 Å². The fraction of sp³-hybridized carbons (Fsp3) is 0.158. The Morgan fingerprint density at radius 1 is 0.920 bits per heavy atom. The number of rotatable bonds is 6. The molecule has 3 aromatic rings. The summed E-state index contributed by atoms with van der Waals surface area (Å²) in [5.74, 6) is 1.18. The van der Waals surface area contributed by atoms with Crippen molar-refractivity contribution in [3.8, 4) is 0 Å². The first kappa shape index (κ1) is 17.0. The predicted molar refractivity (Wildman–Crippen MR) is 104 cm³/mol. The molecule has 0 aliphatic heterocycles. The zero-order valence-corrected chi connectivity index (χ0v) is 14.7. The Labute approximate surface area is 152 Å². The summed E-state index contributed by atoms with van der Waals surface area (Å²) < 4.78 is 0. The molecule has 0 spiro atoms. The van der Waals surface area contributed by atoms with Gasteiger partial charge in [0, 0.05) is 17.3 Å². The number of halogens is 1. The number of benzene rings is 2. The molecule has 3 rings (SSSR count). The number of nitrogens with two attached hydrogens (primary N) is 1. The molecular weight excluding hydrogens is 334 g/mol. The monoisotopic (exact) mass is 353 g/mol. The molecular formula is C19H20ClN5. The van der Waals surface area contributed by atoms with E-state index in [-0.39, 0.29) is 0 Å². The van der Waals surface area contributed by atoms with Crippen LogP contribution in [0.5, 0.6) is 0 Å². The summed E-state index contributed by atoms with van der Waals surface area (Å²) in [6.07, 6.45) is 2.50. The lowest BCUT2D eigenvalue weighted by molar-refractivity contribution is 1.09. The van der Waals surface area contributed by atoms with E-state index >= 15 is 0 Å². The van der Waals surface area contributed by atoms with Crippen LogP contribution >= 0.6 is 11.6 Å². The maximum absolute atomic E-state index is 6.20. The van der Waals surface area contributed by atoms with Gasteiger partial charge in [0.15, 0.2) is 11.6 Å². The van der Waals surface area contributed by atoms with Crippen LogP contribution in [-0.2, 0) is 13.0 Å². The summed E-state index contributed by atoms with van der Waals surface area (Å²) in [6.45, 7) is 2.73. The second kappa shape index (κ2) is 7.85. The molecule has 1 heterocycles. The second-order valence-electron chi connectivity index (χ2n) is 5.64. The molecule has 0 saturated heterocycles. The van der Waals surface area contributed by atoms with Crippen molar-refractivity contribution in [2.24, 2.45) is 0 Å². The standard InChI is InChI=1S/C19H20ClN5/c1-2-13-5-9-16(10-6-13)25-19-17(21)18(23-12-24-19)22-11-14-3-7-15(20)8-4-14/h3-10,12H,2,11,21H2,1H3,(H2,22,23,24,25). The third-order valence-electron chi connectivity index (χ3n) is 3.88. The van der Waals surface area contributed by atoms with Crippen LogP contribution in [-0.4, -0.2) is 9.97 Å². The SMILES string of the molecule is CCc1ccc(Nc2ncnc(NCc3ccc(Cl)cc3)c2N)cc1. The minimum absolute atomic E-state index is 0.482. The molecule has 2 aromatic carbocycles. The van der Waals surface area contributed by atoms with Gasteiger partial charge in [0.25, 0.3) is 0 Å². The highest BCUT2D eigenvalue weighted by molar-refractivity contribution is 6.30. The minimum atomic E-state index is 0.482. The average Bonchev–Trinajstić information content (AvgIpc) is 2.64. The van der Waals surface area contributed by atoms with Gasteiger partial charge in [0.2, 0.25) is 0 Å². The van der Waals surface area contributed by atoms with Crippen molar-refractivity contribution in [2.75, 3.05) is 16.4 Å². The van der Waals surface area contributed by atoms with E-state index in [2.05, 4.69) is 39.7 Å². The molecule has 5 nitrogen and oxygen atoms in total. The molecule has 0 atom stereocenters. The molecule has 0 aliphatic rings. The van der Waals surface area contributed by atoms with Crippen molar-refractivity contribution >= 4 is 34.6 Å². The third-order valence-corrected chi connectivity index (χ3v) is 4.13. The first-order valence-electron chi connectivity index (χ1n) is 8.10. The number of aromatic nitrogens is 2. The Hall–Kier alpha value is -2.79. The zero-order valence-electron chi connectivity index (χ0n) is 14.0. The minimum Gasteiger partial charge on any atom is -0.393 e. The van der Waals surface area contributed by atoms with E-state index in [4.69, 9.17) is 17.3 Å². The molecule has 0 aliphatic carbocycles. The van der Waals surface area contributed by atoms with Gasteiger partial charge in [-0.2, -0.15) is 0 Å². The first-order chi connectivity index (χ1) is 12.2. The number of aryl methyl sites for hydroxylation is 1. The molecule has 0 amide bonds. The Morgan fingerprint density at radius 3 is 2.24 bits per heavy atom. The molecule has 4 N–H and O–H groups in total. The molecule has 1 aromatic heterocycles. The Bertz CT molecular complexity index is 831. The predicted octanol–water partition coefficient (Wildman–Crippen LogP) is 4.63. The number of nitrogens with one attached hydrogen (secondary N) is 2. The van der Waals surface area contributed by atoms with Crippen LogP contribution in [0.2, 0.25) is 5.02 Å². The van der Waals surface area contributed by atoms with Crippen LogP contribution in [0, 0.1) is 0 Å². The van der Waals surface area contributed by atoms with E-state index < -0.39 is 0 Å². The van der Waals surface area contributed by atoms with Gasteiger partial charge in [-0.1, -0.05) is 42.8 Å². The van der Waals surface area contributed by atoms with Crippen LogP contribution in [0.25, 0.3) is 0 Å². The highest BCUT2D eigenvalue weighted by atomic mass is 35.5. The van der Waals surface area contributed by atoms with Gasteiger partial charge >= 0.3 is 0 Å². The Balaban J connectivity index is 1.71. The average molecular weight is 354 g/mol. The van der Waals surface area contributed by atoms with E-state index in [0.717, 1.165) is 17.7 Å². The van der Waals surface area contributed by atoms with Crippen molar-refractivity contribution < 1.29 is 0 Å². The molecule has 128 valence electrons. The number of nitrogen functional groups attached to an aromatic ring is 1. The number of hydrogen-bond donors (Lipinski definition) is 3. The zero-order chi connectivity index (χ0) is 17.6. The van der Waals surface area contributed by atoms with Crippen LogP contribution in [0.15, 0.2) is 54.9 Å². The summed E-state index contributed by atoms with van der Waals surface area (Å²) in [7, 11) is 0. The number of nitrogens with zero attached hydrogens (tertiary/aromatic N) is 2. The summed E-state index contributed by atoms with van der Waals surface area (Å²) in [5, 5.41) is 7.18. The third kappa shape index (κ3) is 4.39. The van der Waals surface area contributed by atoms with E-state index in [1.807, 2.05) is 36.4 Å². The molecule has 6 heteroatoms. The van der Waals surface area contributed by atoms with E-state index in [1.165, 1.54) is 11.9 Å². The van der Waals surface area contributed by atoms with Crippen LogP contribution in [0.3, 0.4) is 0 Å². The first-order valence-corrected chi connectivity index (χ1v) is 8.48. The summed E-state index contributed by atoms with van der Waals surface area (Å²) >= 11 is 5.90. The van der Waals surface area contributed by atoms with Gasteiger partial charge in [-0.15, -0.1) is 0 Å². The van der Waals surface area contributed by atoms with Crippen LogP contribution in [0.1, 0.15) is 18.1 Å². The molecule has 25 heavy (non-hydrogen) atoms. The van der Waals surface area contributed by atoms with Crippen molar-refractivity contribution in [2.45, 2.75) is 19.9 Å².